The summed E-state index contributed by atoms with van der Waals surface area (Å²) in [6.45, 7) is 5.31. The van der Waals surface area contributed by atoms with Gasteiger partial charge in [-0.1, -0.05) is 25.1 Å². The Morgan fingerprint density at radius 3 is 2.32 bits per heavy atom. The molecule has 2 heterocycles. The lowest BCUT2D eigenvalue weighted by Crippen LogP contribution is -2.42. The van der Waals surface area contributed by atoms with Crippen LogP contribution in [0.5, 0.6) is 0 Å². The van der Waals surface area contributed by atoms with Crippen molar-refractivity contribution in [2.24, 2.45) is 0 Å². The number of carbonyl (C=O) groups excluding carboxylic acids is 1. The fourth-order valence-corrected chi connectivity index (χ4v) is 5.48. The predicted molar refractivity (Wildman–Crippen MR) is 119 cm³/mol. The predicted octanol–water partition coefficient (Wildman–Crippen LogP) is 3.99. The molecule has 0 saturated carbocycles. The van der Waals surface area contributed by atoms with Crippen molar-refractivity contribution in [2.75, 3.05) is 31.9 Å². The van der Waals surface area contributed by atoms with Gasteiger partial charge in [-0.2, -0.15) is 0 Å². The van der Waals surface area contributed by atoms with E-state index in [9.17, 15) is 17.6 Å². The van der Waals surface area contributed by atoms with Gasteiger partial charge in [0.1, 0.15) is 5.82 Å². The molecule has 1 atom stereocenters. The van der Waals surface area contributed by atoms with Crippen LogP contribution in [0.25, 0.3) is 11.1 Å². The normalized spacial score (nSPS) is 19.8. The number of benzene rings is 2. The van der Waals surface area contributed by atoms with E-state index in [0.717, 1.165) is 32.5 Å². The summed E-state index contributed by atoms with van der Waals surface area (Å²) in [4.78, 5) is 17.6. The molecule has 0 aliphatic carbocycles. The van der Waals surface area contributed by atoms with Crippen molar-refractivity contribution in [3.63, 3.8) is 0 Å². The third kappa shape index (κ3) is 4.67. The minimum atomic E-state index is -3.27. The minimum absolute atomic E-state index is 0.0348. The average molecular weight is 445 g/mol. The van der Waals surface area contributed by atoms with Crippen LogP contribution in [0, 0.1) is 5.82 Å². The average Bonchev–Trinajstić information content (AvgIpc) is 3.46. The zero-order valence-corrected chi connectivity index (χ0v) is 18.7. The Morgan fingerprint density at radius 1 is 1.00 bits per heavy atom. The van der Waals surface area contributed by atoms with Crippen LogP contribution >= 0.6 is 0 Å². The van der Waals surface area contributed by atoms with Gasteiger partial charge in [0.05, 0.1) is 16.2 Å². The number of hydrogen-bond donors (Lipinski definition) is 0. The van der Waals surface area contributed by atoms with E-state index in [0.29, 0.717) is 17.7 Å². The van der Waals surface area contributed by atoms with E-state index in [1.807, 2.05) is 4.90 Å². The fraction of sp³-hybridized carbons (Fsp3) is 0.458. The number of carbonyl (C=O) groups is 1. The standard InChI is InChI=1S/C24H29FN2O3S/c1-2-31(29,30)21-10-7-18(8-11-21)19-9-12-22(23(25)16-19)24(28)27-15-5-6-20(27)17-26-13-3-4-14-26/h7-12,16,20H,2-6,13-15,17H2,1H3. The first-order chi connectivity index (χ1) is 14.9. The monoisotopic (exact) mass is 444 g/mol. The van der Waals surface area contributed by atoms with Crippen LogP contribution in [-0.2, 0) is 9.84 Å². The molecular weight excluding hydrogens is 415 g/mol. The van der Waals surface area contributed by atoms with Gasteiger partial charge >= 0.3 is 0 Å². The highest BCUT2D eigenvalue weighted by Gasteiger charge is 2.32. The van der Waals surface area contributed by atoms with Crippen molar-refractivity contribution in [3.05, 3.63) is 53.8 Å². The van der Waals surface area contributed by atoms with Gasteiger partial charge in [0.25, 0.3) is 5.91 Å². The number of rotatable bonds is 6. The Balaban J connectivity index is 1.51. The van der Waals surface area contributed by atoms with Crippen LogP contribution in [0.2, 0.25) is 0 Å². The Kier molecular flexibility index (Phi) is 6.44. The minimum Gasteiger partial charge on any atom is -0.334 e. The largest absolute Gasteiger partial charge is 0.334 e. The molecule has 2 saturated heterocycles. The van der Waals surface area contributed by atoms with Gasteiger partial charge in [0.15, 0.2) is 9.84 Å². The summed E-state index contributed by atoms with van der Waals surface area (Å²) < 4.78 is 38.9. The van der Waals surface area contributed by atoms with Gasteiger partial charge in [-0.3, -0.25) is 4.79 Å². The first kappa shape index (κ1) is 22.0. The Labute approximate surface area is 183 Å². The van der Waals surface area contributed by atoms with Crippen molar-refractivity contribution in [1.29, 1.82) is 0 Å². The van der Waals surface area contributed by atoms with E-state index < -0.39 is 15.7 Å². The molecule has 7 heteroatoms. The topological polar surface area (TPSA) is 57.7 Å². The molecule has 0 bridgehead atoms. The number of hydrogen-bond acceptors (Lipinski definition) is 4. The number of likely N-dealkylation sites (tertiary alicyclic amines) is 2. The van der Waals surface area contributed by atoms with Crippen LogP contribution in [0.4, 0.5) is 4.39 Å². The Bertz CT molecular complexity index is 1050. The molecule has 4 rings (SSSR count). The molecule has 0 N–H and O–H groups in total. The summed E-state index contributed by atoms with van der Waals surface area (Å²) in [6.07, 6.45) is 4.34. The fourth-order valence-electron chi connectivity index (χ4n) is 4.60. The number of halogens is 1. The molecule has 2 aliphatic rings. The van der Waals surface area contributed by atoms with Crippen LogP contribution in [0.1, 0.15) is 43.0 Å². The van der Waals surface area contributed by atoms with Crippen LogP contribution in [0.3, 0.4) is 0 Å². The molecule has 2 aromatic rings. The van der Waals surface area contributed by atoms with E-state index in [2.05, 4.69) is 4.90 Å². The molecule has 166 valence electrons. The highest BCUT2D eigenvalue weighted by molar-refractivity contribution is 7.91. The molecule has 31 heavy (non-hydrogen) atoms. The molecule has 0 radical (unpaired) electrons. The van der Waals surface area contributed by atoms with Crippen molar-refractivity contribution in [1.82, 2.24) is 9.80 Å². The van der Waals surface area contributed by atoms with Crippen molar-refractivity contribution >= 4 is 15.7 Å². The van der Waals surface area contributed by atoms with Gasteiger partial charge in [0.2, 0.25) is 0 Å². The van der Waals surface area contributed by atoms with Crippen LogP contribution < -0.4 is 0 Å². The third-order valence-electron chi connectivity index (χ3n) is 6.43. The second-order valence-electron chi connectivity index (χ2n) is 8.42. The maximum atomic E-state index is 14.9. The summed E-state index contributed by atoms with van der Waals surface area (Å²) in [6, 6.07) is 11.2. The van der Waals surface area contributed by atoms with Gasteiger partial charge in [-0.15, -0.1) is 0 Å². The molecule has 1 unspecified atom stereocenters. The van der Waals surface area contributed by atoms with Gasteiger partial charge in [0, 0.05) is 19.1 Å². The molecule has 2 aromatic carbocycles. The molecule has 0 spiro atoms. The maximum Gasteiger partial charge on any atom is 0.257 e. The van der Waals surface area contributed by atoms with E-state index in [4.69, 9.17) is 0 Å². The maximum absolute atomic E-state index is 14.9. The molecule has 5 nitrogen and oxygen atoms in total. The van der Waals surface area contributed by atoms with Crippen LogP contribution in [0.15, 0.2) is 47.4 Å². The summed E-state index contributed by atoms with van der Waals surface area (Å²) in [5, 5.41) is 0. The summed E-state index contributed by atoms with van der Waals surface area (Å²) in [7, 11) is -3.27. The lowest BCUT2D eigenvalue weighted by atomic mass is 10.0. The highest BCUT2D eigenvalue weighted by atomic mass is 32.2. The molecule has 2 aliphatic heterocycles. The second kappa shape index (κ2) is 9.09. The van der Waals surface area contributed by atoms with Crippen molar-refractivity contribution < 1.29 is 17.6 Å². The molecular formula is C24H29FN2O3S. The molecule has 1 amide bonds. The molecule has 2 fully saturated rings. The van der Waals surface area contributed by atoms with E-state index >= 15 is 0 Å². The molecule has 0 aromatic heterocycles. The third-order valence-corrected chi connectivity index (χ3v) is 8.18. The summed E-state index contributed by atoms with van der Waals surface area (Å²) >= 11 is 0. The second-order valence-corrected chi connectivity index (χ2v) is 10.7. The van der Waals surface area contributed by atoms with Crippen LogP contribution in [-0.4, -0.2) is 62.1 Å². The van der Waals surface area contributed by atoms with Crippen molar-refractivity contribution in [2.45, 2.75) is 43.5 Å². The number of amides is 1. The summed E-state index contributed by atoms with van der Waals surface area (Å²) in [5.41, 5.74) is 1.42. The van der Waals surface area contributed by atoms with E-state index in [-0.39, 0.29) is 28.2 Å². The summed E-state index contributed by atoms with van der Waals surface area (Å²) in [5.74, 6) is -0.748. The van der Waals surface area contributed by atoms with Gasteiger partial charge in [-0.25, -0.2) is 12.8 Å². The van der Waals surface area contributed by atoms with Gasteiger partial charge < -0.3 is 9.80 Å². The smallest absolute Gasteiger partial charge is 0.257 e. The lowest BCUT2D eigenvalue weighted by molar-refractivity contribution is 0.0704. The zero-order valence-electron chi connectivity index (χ0n) is 17.9. The first-order valence-electron chi connectivity index (χ1n) is 11.0. The van der Waals surface area contributed by atoms with Crippen molar-refractivity contribution in [3.8, 4) is 11.1 Å². The number of sulfone groups is 1. The Morgan fingerprint density at radius 2 is 1.68 bits per heavy atom. The van der Waals surface area contributed by atoms with E-state index in [1.165, 1.54) is 31.0 Å². The zero-order chi connectivity index (χ0) is 22.0. The quantitative estimate of drug-likeness (QED) is 0.676. The number of nitrogens with zero attached hydrogens (tertiary/aromatic N) is 2. The highest BCUT2D eigenvalue weighted by Crippen LogP contribution is 2.27. The lowest BCUT2D eigenvalue weighted by Gasteiger charge is -2.28. The SMILES string of the molecule is CCS(=O)(=O)c1ccc(-c2ccc(C(=O)N3CCCC3CN3CCCC3)c(F)c2)cc1. The van der Waals surface area contributed by atoms with Gasteiger partial charge in [-0.05, 0) is 74.2 Å². The first-order valence-corrected chi connectivity index (χ1v) is 12.7. The Hall–Kier alpha value is -2.25. The van der Waals surface area contributed by atoms with E-state index in [1.54, 1.807) is 31.2 Å².